The Balaban J connectivity index is 1.59. The molecule has 2 aromatic rings. The van der Waals surface area contributed by atoms with E-state index in [4.69, 9.17) is 4.74 Å². The van der Waals surface area contributed by atoms with Crippen molar-refractivity contribution in [2.24, 2.45) is 11.8 Å². The second-order valence-electron chi connectivity index (χ2n) is 6.72. The summed E-state index contributed by atoms with van der Waals surface area (Å²) in [6, 6.07) is 7.76. The quantitative estimate of drug-likeness (QED) is 0.923. The molecule has 3 heterocycles. The first-order chi connectivity index (χ1) is 11.1. The van der Waals surface area contributed by atoms with Gasteiger partial charge in [-0.15, -0.1) is 10.2 Å². The fraction of sp³-hybridized carbons (Fsp3) is 0.444. The Morgan fingerprint density at radius 1 is 1.09 bits per heavy atom. The Labute approximate surface area is 135 Å². The van der Waals surface area contributed by atoms with E-state index in [1.54, 1.807) is 6.07 Å². The number of aromatic hydroxyl groups is 1. The van der Waals surface area contributed by atoms with Gasteiger partial charge in [0.25, 0.3) is 0 Å². The molecule has 0 saturated carbocycles. The van der Waals surface area contributed by atoms with Crippen molar-refractivity contribution in [3.63, 3.8) is 0 Å². The van der Waals surface area contributed by atoms with Crippen LogP contribution in [0.3, 0.4) is 0 Å². The van der Waals surface area contributed by atoms with Gasteiger partial charge in [-0.1, -0.05) is 6.07 Å². The SMILES string of the molecule is Cc1cc(C)c(-c2ccc(N3C[C@H]4COC[C@H]4C3)nn2)c(O)c1. The van der Waals surface area contributed by atoms with Crippen LogP contribution in [0.5, 0.6) is 5.75 Å². The van der Waals surface area contributed by atoms with Crippen molar-refractivity contribution in [2.75, 3.05) is 31.2 Å². The standard InChI is InChI=1S/C18H21N3O2/c1-11-5-12(2)18(16(22)6-11)15-3-4-17(20-19-15)21-7-13-9-23-10-14(13)8-21/h3-6,13-14,22H,7-10H2,1-2H3/t13-,14+. The zero-order chi connectivity index (χ0) is 16.0. The van der Waals surface area contributed by atoms with Crippen LogP contribution in [0.15, 0.2) is 24.3 Å². The highest BCUT2D eigenvalue weighted by molar-refractivity contribution is 5.71. The Hall–Kier alpha value is -2.14. The van der Waals surface area contributed by atoms with Crippen LogP contribution in [-0.2, 0) is 4.74 Å². The van der Waals surface area contributed by atoms with Crippen molar-refractivity contribution in [2.45, 2.75) is 13.8 Å². The molecule has 4 rings (SSSR count). The molecule has 2 aliphatic heterocycles. The topological polar surface area (TPSA) is 58.5 Å². The number of nitrogens with zero attached hydrogens (tertiary/aromatic N) is 3. The molecule has 120 valence electrons. The minimum atomic E-state index is 0.261. The first kappa shape index (κ1) is 14.5. The normalized spacial score (nSPS) is 23.3. The van der Waals surface area contributed by atoms with Crippen LogP contribution in [0.4, 0.5) is 5.82 Å². The van der Waals surface area contributed by atoms with Gasteiger partial charge >= 0.3 is 0 Å². The van der Waals surface area contributed by atoms with Gasteiger partial charge in [0.1, 0.15) is 5.75 Å². The van der Waals surface area contributed by atoms with Gasteiger partial charge in [0, 0.05) is 30.5 Å². The van der Waals surface area contributed by atoms with Gasteiger partial charge in [0.2, 0.25) is 0 Å². The predicted octanol–water partition coefficient (Wildman–Crippen LogP) is 2.55. The van der Waals surface area contributed by atoms with E-state index in [2.05, 4.69) is 15.1 Å². The summed E-state index contributed by atoms with van der Waals surface area (Å²) < 4.78 is 5.52. The van der Waals surface area contributed by atoms with Crippen LogP contribution in [0, 0.1) is 25.7 Å². The van der Waals surface area contributed by atoms with Crippen molar-refractivity contribution in [1.29, 1.82) is 0 Å². The maximum absolute atomic E-state index is 10.2. The molecule has 0 bridgehead atoms. The van der Waals surface area contributed by atoms with Crippen molar-refractivity contribution < 1.29 is 9.84 Å². The van der Waals surface area contributed by atoms with Gasteiger partial charge < -0.3 is 14.7 Å². The number of fused-ring (bicyclic) bond motifs is 1. The molecule has 0 aliphatic carbocycles. The van der Waals surface area contributed by atoms with Crippen LogP contribution in [-0.4, -0.2) is 41.6 Å². The predicted molar refractivity (Wildman–Crippen MR) is 88.6 cm³/mol. The van der Waals surface area contributed by atoms with E-state index in [1.807, 2.05) is 32.0 Å². The van der Waals surface area contributed by atoms with Crippen molar-refractivity contribution >= 4 is 5.82 Å². The number of anilines is 1. The molecule has 1 aromatic heterocycles. The van der Waals surface area contributed by atoms with E-state index in [-0.39, 0.29) is 5.75 Å². The fourth-order valence-corrected chi connectivity index (χ4v) is 3.78. The molecule has 5 nitrogen and oxygen atoms in total. The zero-order valence-electron chi connectivity index (χ0n) is 13.5. The number of aryl methyl sites for hydroxylation is 2. The summed E-state index contributed by atoms with van der Waals surface area (Å²) in [6.07, 6.45) is 0. The molecule has 2 saturated heterocycles. The lowest BCUT2D eigenvalue weighted by Gasteiger charge is -2.18. The average molecular weight is 311 g/mol. The van der Waals surface area contributed by atoms with Crippen LogP contribution in [0.2, 0.25) is 0 Å². The highest BCUT2D eigenvalue weighted by atomic mass is 16.5. The van der Waals surface area contributed by atoms with Crippen LogP contribution < -0.4 is 4.90 Å². The van der Waals surface area contributed by atoms with Crippen LogP contribution in [0.25, 0.3) is 11.3 Å². The van der Waals surface area contributed by atoms with Crippen molar-refractivity contribution in [3.8, 4) is 17.0 Å². The third-order valence-corrected chi connectivity index (χ3v) is 4.93. The number of phenolic OH excluding ortho intramolecular Hbond substituents is 1. The largest absolute Gasteiger partial charge is 0.507 e. The van der Waals surface area contributed by atoms with E-state index < -0.39 is 0 Å². The first-order valence-electron chi connectivity index (χ1n) is 8.09. The number of hydrogen-bond acceptors (Lipinski definition) is 5. The third kappa shape index (κ3) is 2.55. The molecule has 0 unspecified atom stereocenters. The monoisotopic (exact) mass is 311 g/mol. The van der Waals surface area contributed by atoms with Gasteiger partial charge in [0.05, 0.1) is 18.9 Å². The Morgan fingerprint density at radius 2 is 1.83 bits per heavy atom. The fourth-order valence-electron chi connectivity index (χ4n) is 3.78. The highest BCUT2D eigenvalue weighted by Gasteiger charge is 2.37. The van der Waals surface area contributed by atoms with Crippen LogP contribution >= 0.6 is 0 Å². The van der Waals surface area contributed by atoms with Gasteiger partial charge in [-0.3, -0.25) is 0 Å². The van der Waals surface area contributed by atoms with Crippen molar-refractivity contribution in [1.82, 2.24) is 10.2 Å². The van der Waals surface area contributed by atoms with Crippen LogP contribution in [0.1, 0.15) is 11.1 Å². The van der Waals surface area contributed by atoms with E-state index in [1.165, 1.54) is 0 Å². The lowest BCUT2D eigenvalue weighted by atomic mass is 10.0. The maximum Gasteiger partial charge on any atom is 0.151 e. The Bertz CT molecular complexity index is 695. The molecule has 0 amide bonds. The summed E-state index contributed by atoms with van der Waals surface area (Å²) in [5.74, 6) is 2.42. The second-order valence-corrected chi connectivity index (χ2v) is 6.72. The minimum absolute atomic E-state index is 0.261. The van der Waals surface area contributed by atoms with Gasteiger partial charge in [0.15, 0.2) is 5.82 Å². The van der Waals surface area contributed by atoms with E-state index >= 15 is 0 Å². The lowest BCUT2D eigenvalue weighted by Crippen LogP contribution is -2.23. The van der Waals surface area contributed by atoms with Gasteiger partial charge in [-0.2, -0.15) is 0 Å². The third-order valence-electron chi connectivity index (χ3n) is 4.93. The number of hydrogen-bond donors (Lipinski definition) is 1. The average Bonchev–Trinajstić information content (AvgIpc) is 3.08. The summed E-state index contributed by atoms with van der Waals surface area (Å²) in [6.45, 7) is 7.67. The molecule has 23 heavy (non-hydrogen) atoms. The zero-order valence-corrected chi connectivity index (χ0v) is 13.5. The second kappa shape index (κ2) is 5.49. The number of aromatic nitrogens is 2. The smallest absolute Gasteiger partial charge is 0.151 e. The van der Waals surface area contributed by atoms with E-state index in [9.17, 15) is 5.11 Å². The minimum Gasteiger partial charge on any atom is -0.507 e. The molecule has 2 atom stereocenters. The molecule has 5 heteroatoms. The molecule has 0 radical (unpaired) electrons. The number of benzene rings is 1. The van der Waals surface area contributed by atoms with E-state index in [0.717, 1.165) is 48.8 Å². The van der Waals surface area contributed by atoms with Gasteiger partial charge in [-0.05, 0) is 43.2 Å². The first-order valence-corrected chi connectivity index (χ1v) is 8.09. The molecule has 1 N–H and O–H groups in total. The van der Waals surface area contributed by atoms with E-state index in [0.29, 0.717) is 17.5 Å². The lowest BCUT2D eigenvalue weighted by molar-refractivity contribution is 0.177. The van der Waals surface area contributed by atoms with Gasteiger partial charge in [-0.25, -0.2) is 0 Å². The summed E-state index contributed by atoms with van der Waals surface area (Å²) in [5, 5.41) is 19.0. The molecule has 2 aliphatic rings. The molecular formula is C18H21N3O2. The number of phenols is 1. The molecule has 2 fully saturated rings. The summed E-state index contributed by atoms with van der Waals surface area (Å²) >= 11 is 0. The molecular weight excluding hydrogens is 290 g/mol. The molecule has 1 aromatic carbocycles. The Morgan fingerprint density at radius 3 is 2.43 bits per heavy atom. The van der Waals surface area contributed by atoms with Crippen molar-refractivity contribution in [3.05, 3.63) is 35.4 Å². The number of rotatable bonds is 2. The summed E-state index contributed by atoms with van der Waals surface area (Å²) in [5.41, 5.74) is 3.53. The Kier molecular flexibility index (Phi) is 3.45. The summed E-state index contributed by atoms with van der Waals surface area (Å²) in [7, 11) is 0. The number of ether oxygens (including phenoxy) is 1. The molecule has 0 spiro atoms. The maximum atomic E-state index is 10.2. The highest BCUT2D eigenvalue weighted by Crippen LogP contribution is 2.34. The summed E-state index contributed by atoms with van der Waals surface area (Å²) in [4.78, 5) is 2.29.